The van der Waals surface area contributed by atoms with Crippen molar-refractivity contribution in [2.45, 2.75) is 6.54 Å². The van der Waals surface area contributed by atoms with E-state index in [1.54, 1.807) is 24.3 Å². The second-order valence-electron chi connectivity index (χ2n) is 6.77. The first-order valence-electron chi connectivity index (χ1n) is 9.38. The van der Waals surface area contributed by atoms with E-state index in [4.69, 9.17) is 44.3 Å². The maximum absolute atomic E-state index is 12.6. The smallest absolute Gasteiger partial charge is 0.323 e. The Morgan fingerprint density at radius 2 is 1.59 bits per heavy atom. The number of ether oxygens (including phenoxy) is 2. The zero-order valence-electron chi connectivity index (χ0n) is 16.4. The van der Waals surface area contributed by atoms with Crippen molar-refractivity contribution in [3.05, 3.63) is 80.8 Å². The first kappa shape index (κ1) is 22.1. The largest absolute Gasteiger partial charge is 0.454 e. The number of fused-ring (bicyclic) bond motifs is 1. The van der Waals surface area contributed by atoms with Gasteiger partial charge < -0.3 is 25.4 Å². The maximum Gasteiger partial charge on any atom is 0.323 e. The number of carbonyl (C=O) groups excluding carboxylic acids is 2. The normalized spacial score (nSPS) is 11.7. The summed E-state index contributed by atoms with van der Waals surface area (Å²) < 4.78 is 10.6. The van der Waals surface area contributed by atoms with Crippen LogP contribution in [-0.2, 0) is 6.54 Å². The Kier molecular flexibility index (Phi) is 6.60. The summed E-state index contributed by atoms with van der Waals surface area (Å²) in [6.45, 7) is 0.475. The predicted molar refractivity (Wildman–Crippen MR) is 124 cm³/mol. The summed E-state index contributed by atoms with van der Waals surface area (Å²) in [5.41, 5.74) is 1.92. The molecule has 0 radical (unpaired) electrons. The summed E-state index contributed by atoms with van der Waals surface area (Å²) in [6.07, 6.45) is 0. The summed E-state index contributed by atoms with van der Waals surface area (Å²) in [4.78, 5) is 24.9. The summed E-state index contributed by atoms with van der Waals surface area (Å²) in [7, 11) is 0. The number of nitrogens with one attached hydrogen (secondary N) is 3. The predicted octanol–water partition coefficient (Wildman–Crippen LogP) is 5.95. The second kappa shape index (κ2) is 9.56. The van der Waals surface area contributed by atoms with Crippen molar-refractivity contribution >= 4 is 58.1 Å². The molecule has 32 heavy (non-hydrogen) atoms. The van der Waals surface area contributed by atoms with Gasteiger partial charge in [-0.2, -0.15) is 0 Å². The fraction of sp³-hybridized carbons (Fsp3) is 0.0909. The Balaban J connectivity index is 1.39. The van der Waals surface area contributed by atoms with Crippen LogP contribution >= 0.6 is 34.8 Å². The van der Waals surface area contributed by atoms with Crippen molar-refractivity contribution in [3.63, 3.8) is 0 Å². The van der Waals surface area contributed by atoms with Gasteiger partial charge in [0.25, 0.3) is 5.91 Å². The standard InChI is InChI=1S/C22H16Cl3N3O4/c23-15-5-3-14(9-17(15)25)27-22(30)28-18-8-13(2-4-16(18)24)21(29)26-10-12-1-6-19-20(7-12)32-11-31-19/h1-9H,10-11H2,(H,26,29)(H2,27,28,30). The summed E-state index contributed by atoms with van der Waals surface area (Å²) in [5, 5.41) is 9.04. The molecule has 0 saturated heterocycles. The van der Waals surface area contributed by atoms with E-state index in [1.807, 2.05) is 12.1 Å². The molecule has 3 N–H and O–H groups in total. The molecule has 0 atom stereocenters. The molecule has 0 spiro atoms. The highest BCUT2D eigenvalue weighted by Crippen LogP contribution is 2.32. The molecule has 1 aliphatic rings. The fourth-order valence-electron chi connectivity index (χ4n) is 2.96. The Morgan fingerprint density at radius 3 is 2.41 bits per heavy atom. The third kappa shape index (κ3) is 5.19. The lowest BCUT2D eigenvalue weighted by Crippen LogP contribution is -2.23. The Labute approximate surface area is 198 Å². The van der Waals surface area contributed by atoms with Gasteiger partial charge in [0.2, 0.25) is 6.79 Å². The van der Waals surface area contributed by atoms with Gasteiger partial charge in [-0.25, -0.2) is 4.79 Å². The number of hydrogen-bond acceptors (Lipinski definition) is 4. The molecule has 0 saturated carbocycles. The van der Waals surface area contributed by atoms with Crippen LogP contribution in [0.5, 0.6) is 11.5 Å². The van der Waals surface area contributed by atoms with Crippen LogP contribution in [0.2, 0.25) is 15.1 Å². The number of halogens is 3. The van der Waals surface area contributed by atoms with Crippen LogP contribution in [0.25, 0.3) is 0 Å². The molecule has 0 bridgehead atoms. The summed E-state index contributed by atoms with van der Waals surface area (Å²) in [6, 6.07) is 14.2. The minimum Gasteiger partial charge on any atom is -0.454 e. The van der Waals surface area contributed by atoms with E-state index >= 15 is 0 Å². The highest BCUT2D eigenvalue weighted by Gasteiger charge is 2.15. The molecular formula is C22H16Cl3N3O4. The van der Waals surface area contributed by atoms with E-state index < -0.39 is 6.03 Å². The number of urea groups is 1. The van der Waals surface area contributed by atoms with Crippen LogP contribution in [0, 0.1) is 0 Å². The summed E-state index contributed by atoms with van der Waals surface area (Å²) in [5.74, 6) is 0.989. The van der Waals surface area contributed by atoms with Crippen LogP contribution < -0.4 is 25.4 Å². The molecule has 1 heterocycles. The van der Waals surface area contributed by atoms with Crippen LogP contribution in [0.4, 0.5) is 16.2 Å². The number of benzene rings is 3. The van der Waals surface area contributed by atoms with E-state index in [9.17, 15) is 9.59 Å². The molecule has 3 aromatic rings. The average Bonchev–Trinajstić information content (AvgIpc) is 3.24. The van der Waals surface area contributed by atoms with Gasteiger partial charge in [0.1, 0.15) is 0 Å². The summed E-state index contributed by atoms with van der Waals surface area (Å²) >= 11 is 18.0. The van der Waals surface area contributed by atoms with Crippen molar-refractivity contribution in [2.24, 2.45) is 0 Å². The molecular weight excluding hydrogens is 477 g/mol. The zero-order chi connectivity index (χ0) is 22.7. The number of rotatable bonds is 5. The van der Waals surface area contributed by atoms with Gasteiger partial charge in [-0.3, -0.25) is 4.79 Å². The fourth-order valence-corrected chi connectivity index (χ4v) is 3.42. The quantitative estimate of drug-likeness (QED) is 0.411. The topological polar surface area (TPSA) is 88.7 Å². The number of carbonyl (C=O) groups is 2. The minimum atomic E-state index is -0.553. The van der Waals surface area contributed by atoms with Crippen LogP contribution in [0.3, 0.4) is 0 Å². The third-order valence-electron chi connectivity index (χ3n) is 4.54. The molecule has 164 valence electrons. The van der Waals surface area contributed by atoms with Crippen molar-refractivity contribution in [3.8, 4) is 11.5 Å². The molecule has 7 nitrogen and oxygen atoms in total. The first-order valence-corrected chi connectivity index (χ1v) is 10.5. The van der Waals surface area contributed by atoms with Gasteiger partial charge in [0.15, 0.2) is 11.5 Å². The molecule has 3 aromatic carbocycles. The number of amides is 3. The number of anilines is 2. The number of hydrogen-bond donors (Lipinski definition) is 3. The van der Waals surface area contributed by atoms with Crippen LogP contribution in [0.15, 0.2) is 54.6 Å². The van der Waals surface area contributed by atoms with Crippen molar-refractivity contribution < 1.29 is 19.1 Å². The minimum absolute atomic E-state index is 0.185. The van der Waals surface area contributed by atoms with E-state index in [0.717, 1.165) is 5.56 Å². The van der Waals surface area contributed by atoms with Gasteiger partial charge in [-0.1, -0.05) is 40.9 Å². The molecule has 0 aliphatic carbocycles. The molecule has 3 amide bonds. The van der Waals surface area contributed by atoms with E-state index in [0.29, 0.717) is 39.3 Å². The molecule has 10 heteroatoms. The highest BCUT2D eigenvalue weighted by atomic mass is 35.5. The van der Waals surface area contributed by atoms with Gasteiger partial charge in [-0.05, 0) is 54.1 Å². The lowest BCUT2D eigenvalue weighted by molar-refractivity contribution is 0.0951. The van der Waals surface area contributed by atoms with Gasteiger partial charge in [0.05, 0.1) is 20.8 Å². The van der Waals surface area contributed by atoms with E-state index in [2.05, 4.69) is 16.0 Å². The zero-order valence-corrected chi connectivity index (χ0v) is 18.6. The molecule has 0 aromatic heterocycles. The highest BCUT2D eigenvalue weighted by molar-refractivity contribution is 6.42. The van der Waals surface area contributed by atoms with E-state index in [1.165, 1.54) is 18.2 Å². The van der Waals surface area contributed by atoms with Gasteiger partial charge in [-0.15, -0.1) is 0 Å². The average molecular weight is 493 g/mol. The lowest BCUT2D eigenvalue weighted by atomic mass is 10.1. The van der Waals surface area contributed by atoms with Gasteiger partial charge >= 0.3 is 6.03 Å². The SMILES string of the molecule is O=C(Nc1ccc(Cl)c(Cl)c1)Nc1cc(C(=O)NCc2ccc3c(c2)OCO3)ccc1Cl. The van der Waals surface area contributed by atoms with Crippen LogP contribution in [0.1, 0.15) is 15.9 Å². The molecule has 0 unspecified atom stereocenters. The Hall–Kier alpha value is -3.13. The van der Waals surface area contributed by atoms with Crippen molar-refractivity contribution in [1.82, 2.24) is 5.32 Å². The molecule has 1 aliphatic heterocycles. The Bertz CT molecular complexity index is 1200. The monoisotopic (exact) mass is 491 g/mol. The van der Waals surface area contributed by atoms with Gasteiger partial charge in [0, 0.05) is 17.8 Å². The van der Waals surface area contributed by atoms with Crippen molar-refractivity contribution in [2.75, 3.05) is 17.4 Å². The third-order valence-corrected chi connectivity index (χ3v) is 5.61. The van der Waals surface area contributed by atoms with Crippen molar-refractivity contribution in [1.29, 1.82) is 0 Å². The Morgan fingerprint density at radius 1 is 0.812 bits per heavy atom. The molecule has 4 rings (SSSR count). The maximum atomic E-state index is 12.6. The van der Waals surface area contributed by atoms with E-state index in [-0.39, 0.29) is 23.4 Å². The lowest BCUT2D eigenvalue weighted by Gasteiger charge is -2.12. The second-order valence-corrected chi connectivity index (χ2v) is 7.99. The first-order chi connectivity index (χ1) is 15.4. The van der Waals surface area contributed by atoms with Crippen LogP contribution in [-0.4, -0.2) is 18.7 Å². The molecule has 0 fully saturated rings.